The summed E-state index contributed by atoms with van der Waals surface area (Å²) in [7, 11) is 0. The van der Waals surface area contributed by atoms with Crippen LogP contribution in [0.2, 0.25) is 0 Å². The molecule has 0 saturated carbocycles. The normalized spacial score (nSPS) is 11.3. The first-order valence-corrected chi connectivity index (χ1v) is 17.4. The molecule has 2 heterocycles. The minimum absolute atomic E-state index is 0.636. The fraction of sp³-hybridized carbons (Fsp3) is 0.130. The van der Waals surface area contributed by atoms with Crippen LogP contribution in [0.1, 0.15) is 49.1 Å². The minimum Gasteiger partial charge on any atom is -0.313 e. The maximum Gasteiger partial charge on any atom is 0.0998 e. The number of rotatable bonds is 8. The van der Waals surface area contributed by atoms with Crippen LogP contribution in [0.4, 0.5) is 0 Å². The number of hydrogen-bond acceptors (Lipinski definition) is 2. The molecule has 240 valence electrons. The van der Waals surface area contributed by atoms with Crippen LogP contribution in [0.15, 0.2) is 133 Å². The van der Waals surface area contributed by atoms with Gasteiger partial charge in [-0.2, -0.15) is 10.5 Å². The van der Waals surface area contributed by atoms with E-state index in [1.165, 1.54) is 22.2 Å². The van der Waals surface area contributed by atoms with E-state index in [9.17, 15) is 10.5 Å². The molecule has 0 spiro atoms. The summed E-state index contributed by atoms with van der Waals surface area (Å²) in [6, 6.07) is 51.2. The highest BCUT2D eigenvalue weighted by atomic mass is 15.0. The number of aryl methyl sites for hydroxylation is 1. The van der Waals surface area contributed by atoms with Gasteiger partial charge < -0.3 is 9.13 Å². The summed E-state index contributed by atoms with van der Waals surface area (Å²) in [5.41, 5.74) is 13.5. The fourth-order valence-corrected chi connectivity index (χ4v) is 7.78. The Morgan fingerprint density at radius 3 is 1.94 bits per heavy atom. The number of nitrogens with zero attached hydrogens (tertiary/aromatic N) is 4. The molecule has 0 aliphatic rings. The van der Waals surface area contributed by atoms with Crippen LogP contribution in [-0.2, 0) is 12.8 Å². The minimum atomic E-state index is 0.636. The molecule has 0 bridgehead atoms. The first-order chi connectivity index (χ1) is 24.6. The maximum absolute atomic E-state index is 10.5. The lowest BCUT2D eigenvalue weighted by molar-refractivity contribution is 0.818. The van der Waals surface area contributed by atoms with Crippen molar-refractivity contribution >= 4 is 32.7 Å². The monoisotopic (exact) mass is 644 g/mol. The van der Waals surface area contributed by atoms with Gasteiger partial charge in [-0.25, -0.2) is 0 Å². The van der Waals surface area contributed by atoms with E-state index in [1.54, 1.807) is 0 Å². The molecule has 0 radical (unpaired) electrons. The Morgan fingerprint density at radius 1 is 0.520 bits per heavy atom. The highest BCUT2D eigenvalue weighted by molar-refractivity contribution is 6.09. The van der Waals surface area contributed by atoms with Crippen molar-refractivity contribution < 1.29 is 0 Å². The standard InChI is InChI=1S/C46H36N4/c1-3-12-37-38-19-6-8-22-43(38)50(41(37)13-4-2)44-23-11-17-35(30-48)46(44)34-16-9-14-32(27-34)33-15-10-18-36(28-33)49-42-21-7-5-20-39(42)40-25-24-31(29-47)26-45(40)49/h5-11,14-28H,3-4,12-13H2,1-2H3. The smallest absolute Gasteiger partial charge is 0.0998 e. The van der Waals surface area contributed by atoms with Gasteiger partial charge in [0.15, 0.2) is 0 Å². The lowest BCUT2D eigenvalue weighted by Crippen LogP contribution is -2.05. The molecule has 4 heteroatoms. The predicted molar refractivity (Wildman–Crippen MR) is 206 cm³/mol. The van der Waals surface area contributed by atoms with Gasteiger partial charge in [-0.15, -0.1) is 0 Å². The fourth-order valence-electron chi connectivity index (χ4n) is 7.78. The molecular weight excluding hydrogens is 609 g/mol. The van der Waals surface area contributed by atoms with Gasteiger partial charge in [-0.05, 0) is 89.7 Å². The Labute approximate surface area is 292 Å². The molecule has 0 N–H and O–H groups in total. The highest BCUT2D eigenvalue weighted by Crippen LogP contribution is 2.39. The van der Waals surface area contributed by atoms with E-state index in [1.807, 2.05) is 24.3 Å². The van der Waals surface area contributed by atoms with Gasteiger partial charge >= 0.3 is 0 Å². The van der Waals surface area contributed by atoms with Gasteiger partial charge in [-0.3, -0.25) is 0 Å². The third-order valence-electron chi connectivity index (χ3n) is 9.87. The van der Waals surface area contributed by atoms with Gasteiger partial charge in [0, 0.05) is 33.1 Å². The van der Waals surface area contributed by atoms with E-state index in [2.05, 4.69) is 144 Å². The maximum atomic E-state index is 10.5. The van der Waals surface area contributed by atoms with Crippen molar-refractivity contribution in [2.75, 3.05) is 0 Å². The Hall–Kier alpha value is -6.36. The third kappa shape index (κ3) is 5.06. The van der Waals surface area contributed by atoms with Crippen molar-refractivity contribution in [3.8, 4) is 45.8 Å². The Balaban J connectivity index is 1.31. The summed E-state index contributed by atoms with van der Waals surface area (Å²) in [5.74, 6) is 0. The first-order valence-electron chi connectivity index (χ1n) is 17.4. The SMILES string of the molecule is CCCc1c(CCC)n(-c2cccc(C#N)c2-c2cccc(-c3cccc(-n4c5ccccc5c5ccc(C#N)cc54)c3)c2)c2ccccc12. The second-order valence-electron chi connectivity index (χ2n) is 12.9. The van der Waals surface area contributed by atoms with Crippen LogP contribution in [-0.4, -0.2) is 9.13 Å². The first kappa shape index (κ1) is 30.9. The van der Waals surface area contributed by atoms with Crippen molar-refractivity contribution in [3.63, 3.8) is 0 Å². The Morgan fingerprint density at radius 2 is 1.18 bits per heavy atom. The Kier molecular flexibility index (Phi) is 8.00. The highest BCUT2D eigenvalue weighted by Gasteiger charge is 2.21. The average Bonchev–Trinajstić information content (AvgIpc) is 3.66. The molecule has 0 unspecified atom stereocenters. The molecule has 2 aromatic heterocycles. The molecular formula is C46H36N4. The topological polar surface area (TPSA) is 57.4 Å². The predicted octanol–water partition coefficient (Wildman–Crippen LogP) is 11.7. The molecule has 0 atom stereocenters. The quantitative estimate of drug-likeness (QED) is 0.165. The molecule has 0 amide bonds. The molecule has 50 heavy (non-hydrogen) atoms. The van der Waals surface area contributed by atoms with E-state index < -0.39 is 0 Å². The molecule has 0 aliphatic heterocycles. The average molecular weight is 645 g/mol. The molecule has 0 fully saturated rings. The van der Waals surface area contributed by atoms with E-state index >= 15 is 0 Å². The zero-order valence-electron chi connectivity index (χ0n) is 28.3. The van der Waals surface area contributed by atoms with Crippen LogP contribution in [0.5, 0.6) is 0 Å². The second kappa shape index (κ2) is 12.9. The molecule has 0 aliphatic carbocycles. The summed E-state index contributed by atoms with van der Waals surface area (Å²) in [6.45, 7) is 4.48. The zero-order chi connectivity index (χ0) is 34.2. The summed E-state index contributed by atoms with van der Waals surface area (Å²) in [5, 5.41) is 23.8. The summed E-state index contributed by atoms with van der Waals surface area (Å²) in [6.07, 6.45) is 4.10. The van der Waals surface area contributed by atoms with Gasteiger partial charge in [0.05, 0.1) is 45.5 Å². The van der Waals surface area contributed by atoms with Gasteiger partial charge in [0.1, 0.15) is 0 Å². The van der Waals surface area contributed by atoms with Crippen LogP contribution >= 0.6 is 0 Å². The van der Waals surface area contributed by atoms with E-state index in [4.69, 9.17) is 0 Å². The zero-order valence-corrected chi connectivity index (χ0v) is 28.3. The van der Waals surface area contributed by atoms with Crippen LogP contribution < -0.4 is 0 Å². The van der Waals surface area contributed by atoms with Crippen molar-refractivity contribution in [2.24, 2.45) is 0 Å². The molecule has 6 aromatic carbocycles. The largest absolute Gasteiger partial charge is 0.313 e. The van der Waals surface area contributed by atoms with Gasteiger partial charge in [-0.1, -0.05) is 106 Å². The molecule has 8 aromatic rings. The number of nitriles is 2. The van der Waals surface area contributed by atoms with Crippen molar-refractivity contribution in [1.82, 2.24) is 9.13 Å². The van der Waals surface area contributed by atoms with E-state index in [-0.39, 0.29) is 0 Å². The summed E-state index contributed by atoms with van der Waals surface area (Å²) >= 11 is 0. The number of benzene rings is 6. The van der Waals surface area contributed by atoms with Crippen molar-refractivity contribution in [1.29, 1.82) is 10.5 Å². The van der Waals surface area contributed by atoms with Gasteiger partial charge in [0.25, 0.3) is 0 Å². The van der Waals surface area contributed by atoms with Crippen LogP contribution in [0.3, 0.4) is 0 Å². The van der Waals surface area contributed by atoms with E-state index in [0.29, 0.717) is 11.1 Å². The Bertz CT molecular complexity index is 2650. The number of para-hydroxylation sites is 2. The number of fused-ring (bicyclic) bond motifs is 4. The van der Waals surface area contributed by atoms with Gasteiger partial charge in [0.2, 0.25) is 0 Å². The molecule has 0 saturated heterocycles. The molecule has 8 rings (SSSR count). The molecule has 4 nitrogen and oxygen atoms in total. The summed E-state index contributed by atoms with van der Waals surface area (Å²) < 4.78 is 4.67. The second-order valence-corrected chi connectivity index (χ2v) is 12.9. The van der Waals surface area contributed by atoms with Crippen LogP contribution in [0.25, 0.3) is 66.3 Å². The lowest BCUT2D eigenvalue weighted by atomic mass is 9.94. The number of hydrogen-bond donors (Lipinski definition) is 0. The van der Waals surface area contributed by atoms with Crippen LogP contribution in [0, 0.1) is 22.7 Å². The van der Waals surface area contributed by atoms with Crippen molar-refractivity contribution in [2.45, 2.75) is 39.5 Å². The van der Waals surface area contributed by atoms with E-state index in [0.717, 1.165) is 81.1 Å². The third-order valence-corrected chi connectivity index (χ3v) is 9.87. The van der Waals surface area contributed by atoms with Crippen molar-refractivity contribution in [3.05, 3.63) is 156 Å². The number of aromatic nitrogens is 2. The lowest BCUT2D eigenvalue weighted by Gasteiger charge is -2.18. The summed E-state index contributed by atoms with van der Waals surface area (Å²) in [4.78, 5) is 0.